The van der Waals surface area contributed by atoms with E-state index in [1.54, 1.807) is 10.9 Å². The van der Waals surface area contributed by atoms with E-state index >= 15 is 0 Å². The third-order valence-corrected chi connectivity index (χ3v) is 4.38. The molecule has 1 aromatic heterocycles. The van der Waals surface area contributed by atoms with Gasteiger partial charge in [-0.2, -0.15) is 5.10 Å². The summed E-state index contributed by atoms with van der Waals surface area (Å²) in [6.45, 7) is 1.96. The van der Waals surface area contributed by atoms with E-state index in [0.29, 0.717) is 0 Å². The molecule has 0 aliphatic carbocycles. The van der Waals surface area contributed by atoms with E-state index in [9.17, 15) is 4.79 Å². The van der Waals surface area contributed by atoms with Crippen molar-refractivity contribution in [3.8, 4) is 11.3 Å². The summed E-state index contributed by atoms with van der Waals surface area (Å²) in [6.07, 6.45) is 4.38. The Bertz CT molecular complexity index is 698. The molecule has 0 saturated heterocycles. The van der Waals surface area contributed by atoms with Gasteiger partial charge in [0, 0.05) is 24.6 Å². The second-order valence-corrected chi connectivity index (χ2v) is 6.08. The number of anilines is 1. The number of benzene rings is 1. The van der Waals surface area contributed by atoms with Gasteiger partial charge >= 0.3 is 0 Å². The van der Waals surface area contributed by atoms with Crippen LogP contribution in [0.2, 0.25) is 0 Å². The average molecular weight is 335 g/mol. The van der Waals surface area contributed by atoms with Crippen LogP contribution in [0.25, 0.3) is 11.3 Å². The van der Waals surface area contributed by atoms with Crippen LogP contribution in [0.5, 0.6) is 0 Å². The Morgan fingerprint density at radius 2 is 2.13 bits per heavy atom. The van der Waals surface area contributed by atoms with Gasteiger partial charge in [-0.05, 0) is 24.5 Å². The number of hydrogen-bond donors (Lipinski definition) is 2. The van der Waals surface area contributed by atoms with Gasteiger partial charge in [-0.1, -0.05) is 31.5 Å². The molecule has 2 heterocycles. The van der Waals surface area contributed by atoms with Gasteiger partial charge in [0.25, 0.3) is 0 Å². The highest BCUT2D eigenvalue weighted by Crippen LogP contribution is 2.31. The van der Waals surface area contributed by atoms with Gasteiger partial charge in [-0.15, -0.1) is 12.4 Å². The number of nitrogens with one attached hydrogen (secondary N) is 1. The first-order chi connectivity index (χ1) is 10.6. The number of nitrogens with zero attached hydrogens (tertiary/aromatic N) is 2. The van der Waals surface area contributed by atoms with Crippen LogP contribution in [0, 0.1) is 5.92 Å². The Labute approximate surface area is 142 Å². The Kier molecular flexibility index (Phi) is 5.44. The summed E-state index contributed by atoms with van der Waals surface area (Å²) >= 11 is 0. The zero-order valence-electron chi connectivity index (χ0n) is 13.5. The molecule has 1 aromatic carbocycles. The quantitative estimate of drug-likeness (QED) is 0.776. The largest absolute Gasteiger partial charge is 0.324 e. The fraction of sp³-hybridized carbons (Fsp3) is 0.412. The molecule has 3 rings (SSSR count). The summed E-state index contributed by atoms with van der Waals surface area (Å²) in [5.74, 6) is 0.0116. The molecule has 0 spiro atoms. The molecule has 2 aromatic rings. The van der Waals surface area contributed by atoms with Crippen molar-refractivity contribution in [2.75, 3.05) is 5.32 Å². The number of halogens is 1. The summed E-state index contributed by atoms with van der Waals surface area (Å²) in [5, 5.41) is 7.31. The molecule has 0 radical (unpaired) electrons. The predicted octanol–water partition coefficient (Wildman–Crippen LogP) is 3.27. The molecule has 23 heavy (non-hydrogen) atoms. The van der Waals surface area contributed by atoms with Crippen LogP contribution < -0.4 is 11.1 Å². The van der Waals surface area contributed by atoms with Crippen LogP contribution in [-0.4, -0.2) is 15.7 Å². The van der Waals surface area contributed by atoms with Crippen molar-refractivity contribution in [3.63, 3.8) is 0 Å². The SMILES string of the molecule is C[C@@H]1CCC[C@H](N)c2cccc(c2)-c2c(cnn2C)NC1=O.Cl. The zero-order chi connectivity index (χ0) is 15.7. The maximum absolute atomic E-state index is 12.3. The lowest BCUT2D eigenvalue weighted by Gasteiger charge is -2.18. The fourth-order valence-electron chi connectivity index (χ4n) is 2.99. The van der Waals surface area contributed by atoms with Gasteiger partial charge in [-0.3, -0.25) is 9.48 Å². The van der Waals surface area contributed by atoms with Crippen molar-refractivity contribution < 1.29 is 4.79 Å². The molecule has 1 aliphatic rings. The lowest BCUT2D eigenvalue weighted by molar-refractivity contribution is -0.119. The number of fused-ring (bicyclic) bond motifs is 4. The van der Waals surface area contributed by atoms with E-state index in [0.717, 1.165) is 41.8 Å². The summed E-state index contributed by atoms with van der Waals surface area (Å²) < 4.78 is 1.79. The molecule has 6 heteroatoms. The van der Waals surface area contributed by atoms with Crippen molar-refractivity contribution in [1.82, 2.24) is 9.78 Å². The first kappa shape index (κ1) is 17.5. The Morgan fingerprint density at radius 1 is 1.35 bits per heavy atom. The van der Waals surface area contributed by atoms with Crippen molar-refractivity contribution in [2.45, 2.75) is 32.2 Å². The number of amides is 1. The topological polar surface area (TPSA) is 72.9 Å². The molecule has 0 fully saturated rings. The Balaban J connectivity index is 0.00000192. The highest BCUT2D eigenvalue weighted by Gasteiger charge is 2.20. The molecule has 2 atom stereocenters. The minimum atomic E-state index is -0.0296. The predicted molar refractivity (Wildman–Crippen MR) is 94.5 cm³/mol. The number of hydrogen-bond acceptors (Lipinski definition) is 3. The van der Waals surface area contributed by atoms with Crippen molar-refractivity contribution in [3.05, 3.63) is 36.0 Å². The summed E-state index contributed by atoms with van der Waals surface area (Å²) in [4.78, 5) is 12.3. The first-order valence-corrected chi connectivity index (χ1v) is 7.75. The average Bonchev–Trinajstić information content (AvgIpc) is 2.87. The molecular formula is C17H23ClN4O. The summed E-state index contributed by atoms with van der Waals surface area (Å²) in [7, 11) is 1.88. The van der Waals surface area contributed by atoms with E-state index in [4.69, 9.17) is 5.73 Å². The fourth-order valence-corrected chi connectivity index (χ4v) is 2.99. The number of nitrogens with two attached hydrogens (primary N) is 1. The van der Waals surface area contributed by atoms with E-state index in [1.807, 2.05) is 26.1 Å². The number of rotatable bonds is 0. The minimum Gasteiger partial charge on any atom is -0.324 e. The zero-order valence-corrected chi connectivity index (χ0v) is 14.3. The van der Waals surface area contributed by atoms with Gasteiger partial charge in [0.15, 0.2) is 0 Å². The maximum atomic E-state index is 12.3. The number of aromatic nitrogens is 2. The van der Waals surface area contributed by atoms with E-state index in [1.165, 1.54) is 0 Å². The maximum Gasteiger partial charge on any atom is 0.227 e. The minimum absolute atomic E-state index is 0. The molecule has 2 bridgehead atoms. The summed E-state index contributed by atoms with van der Waals surface area (Å²) in [5.41, 5.74) is 10.1. The van der Waals surface area contributed by atoms with Gasteiger partial charge in [0.2, 0.25) is 5.91 Å². The van der Waals surface area contributed by atoms with Crippen LogP contribution in [0.15, 0.2) is 30.5 Å². The van der Waals surface area contributed by atoms with E-state index in [2.05, 4.69) is 22.5 Å². The number of aryl methyl sites for hydroxylation is 1. The Hall–Kier alpha value is -1.85. The lowest BCUT2D eigenvalue weighted by Crippen LogP contribution is -2.21. The van der Waals surface area contributed by atoms with Gasteiger partial charge in [0.1, 0.15) is 0 Å². The Morgan fingerprint density at radius 3 is 2.91 bits per heavy atom. The van der Waals surface area contributed by atoms with Crippen LogP contribution in [-0.2, 0) is 11.8 Å². The highest BCUT2D eigenvalue weighted by molar-refractivity contribution is 5.95. The van der Waals surface area contributed by atoms with E-state index < -0.39 is 0 Å². The van der Waals surface area contributed by atoms with Gasteiger partial charge in [-0.25, -0.2) is 0 Å². The van der Waals surface area contributed by atoms with Crippen LogP contribution in [0.1, 0.15) is 37.8 Å². The monoisotopic (exact) mass is 334 g/mol. The standard InChI is InChI=1S/C17H22N4O.ClH/c1-11-5-3-8-14(18)12-6-4-7-13(9-12)16-15(20-17(11)22)10-19-21(16)2;/h4,6-7,9-11,14H,3,5,8,18H2,1-2H3,(H,20,22);1H/t11-,14+;/m1./s1. The second-order valence-electron chi connectivity index (χ2n) is 6.08. The van der Waals surface area contributed by atoms with Crippen molar-refractivity contribution in [2.24, 2.45) is 18.7 Å². The van der Waals surface area contributed by atoms with Crippen LogP contribution in [0.4, 0.5) is 5.69 Å². The van der Waals surface area contributed by atoms with Crippen LogP contribution in [0.3, 0.4) is 0 Å². The third kappa shape index (κ3) is 3.57. The smallest absolute Gasteiger partial charge is 0.227 e. The highest BCUT2D eigenvalue weighted by atomic mass is 35.5. The van der Waals surface area contributed by atoms with Crippen molar-refractivity contribution >= 4 is 24.0 Å². The molecule has 1 aliphatic heterocycles. The first-order valence-electron chi connectivity index (χ1n) is 7.75. The molecule has 0 saturated carbocycles. The van der Waals surface area contributed by atoms with Gasteiger partial charge in [0.05, 0.1) is 17.6 Å². The number of carbonyl (C=O) groups is 1. The molecule has 0 unspecified atom stereocenters. The van der Waals surface area contributed by atoms with E-state index in [-0.39, 0.29) is 30.3 Å². The molecule has 124 valence electrons. The second kappa shape index (κ2) is 7.15. The van der Waals surface area contributed by atoms with Gasteiger partial charge < -0.3 is 11.1 Å². The molecular weight excluding hydrogens is 312 g/mol. The van der Waals surface area contributed by atoms with Crippen molar-refractivity contribution in [1.29, 1.82) is 0 Å². The third-order valence-electron chi connectivity index (χ3n) is 4.38. The normalized spacial score (nSPS) is 21.3. The summed E-state index contributed by atoms with van der Waals surface area (Å²) in [6, 6.07) is 8.21. The molecule has 1 amide bonds. The molecule has 5 nitrogen and oxygen atoms in total. The molecule has 3 N–H and O–H groups in total. The van der Waals surface area contributed by atoms with Crippen LogP contribution >= 0.6 is 12.4 Å². The number of carbonyl (C=O) groups excluding carboxylic acids is 1. The lowest BCUT2D eigenvalue weighted by atomic mass is 9.95.